The van der Waals surface area contributed by atoms with Crippen molar-refractivity contribution in [1.29, 1.82) is 0 Å². The molecule has 1 aromatic rings. The Labute approximate surface area is 88.5 Å². The molecule has 0 spiro atoms. The summed E-state index contributed by atoms with van der Waals surface area (Å²) in [6, 6.07) is 0.165. The first-order valence-electron chi connectivity index (χ1n) is 4.80. The Morgan fingerprint density at radius 1 is 1.67 bits per heavy atom. The summed E-state index contributed by atoms with van der Waals surface area (Å²) >= 11 is 0. The number of rotatable bonds is 4. The molecule has 1 aromatic heterocycles. The Hall–Kier alpha value is -1.43. The third-order valence-corrected chi connectivity index (χ3v) is 2.21. The number of amides is 1. The van der Waals surface area contributed by atoms with E-state index in [1.165, 1.54) is 4.68 Å². The van der Waals surface area contributed by atoms with Crippen molar-refractivity contribution in [3.05, 3.63) is 11.9 Å². The summed E-state index contributed by atoms with van der Waals surface area (Å²) in [6.07, 6.45) is 1.56. The zero-order valence-corrected chi connectivity index (χ0v) is 9.21. The van der Waals surface area contributed by atoms with Crippen LogP contribution in [0.15, 0.2) is 6.20 Å². The molecule has 0 fully saturated rings. The van der Waals surface area contributed by atoms with Gasteiger partial charge in [0.2, 0.25) is 5.91 Å². The van der Waals surface area contributed by atoms with Gasteiger partial charge in [0.15, 0.2) is 0 Å². The number of carbonyl (C=O) groups is 1. The highest BCUT2D eigenvalue weighted by atomic mass is 16.3. The maximum Gasteiger partial charge on any atom is 0.244 e. The monoisotopic (exact) mass is 212 g/mol. The summed E-state index contributed by atoms with van der Waals surface area (Å²) in [5.74, 6) is -0.0283. The molecule has 0 aliphatic rings. The molecule has 0 saturated heterocycles. The van der Waals surface area contributed by atoms with Gasteiger partial charge >= 0.3 is 0 Å². The van der Waals surface area contributed by atoms with E-state index in [1.807, 2.05) is 13.8 Å². The van der Waals surface area contributed by atoms with E-state index in [9.17, 15) is 4.79 Å². The molecule has 0 aliphatic heterocycles. The van der Waals surface area contributed by atoms with E-state index in [0.29, 0.717) is 5.69 Å². The number of aliphatic hydroxyl groups excluding tert-OH is 1. The van der Waals surface area contributed by atoms with E-state index in [0.717, 1.165) is 0 Å². The number of aromatic nitrogens is 3. The van der Waals surface area contributed by atoms with Crippen molar-refractivity contribution in [3.8, 4) is 0 Å². The number of hydrogen-bond acceptors (Lipinski definition) is 4. The van der Waals surface area contributed by atoms with Crippen molar-refractivity contribution < 1.29 is 9.90 Å². The number of aliphatic hydroxyl groups is 1. The van der Waals surface area contributed by atoms with E-state index >= 15 is 0 Å². The topological polar surface area (TPSA) is 71.2 Å². The molecule has 6 nitrogen and oxygen atoms in total. The van der Waals surface area contributed by atoms with Crippen LogP contribution in [0.2, 0.25) is 0 Å². The maximum atomic E-state index is 11.6. The van der Waals surface area contributed by atoms with Crippen LogP contribution in [0.25, 0.3) is 0 Å². The summed E-state index contributed by atoms with van der Waals surface area (Å²) in [6.45, 7) is 3.88. The van der Waals surface area contributed by atoms with Crippen LogP contribution in [0.3, 0.4) is 0 Å². The summed E-state index contributed by atoms with van der Waals surface area (Å²) in [4.78, 5) is 13.3. The van der Waals surface area contributed by atoms with Crippen molar-refractivity contribution in [2.75, 3.05) is 7.05 Å². The summed E-state index contributed by atoms with van der Waals surface area (Å²) in [7, 11) is 1.75. The number of carbonyl (C=O) groups excluding carboxylic acids is 1. The van der Waals surface area contributed by atoms with E-state index in [2.05, 4.69) is 10.3 Å². The van der Waals surface area contributed by atoms with Gasteiger partial charge < -0.3 is 10.0 Å². The second-order valence-electron chi connectivity index (χ2n) is 3.66. The molecule has 0 saturated carbocycles. The van der Waals surface area contributed by atoms with Gasteiger partial charge in [0, 0.05) is 13.1 Å². The smallest absolute Gasteiger partial charge is 0.244 e. The largest absolute Gasteiger partial charge is 0.390 e. The molecule has 1 N–H and O–H groups in total. The van der Waals surface area contributed by atoms with Crippen LogP contribution >= 0.6 is 0 Å². The predicted molar refractivity (Wildman–Crippen MR) is 53.9 cm³/mol. The first-order valence-corrected chi connectivity index (χ1v) is 4.80. The van der Waals surface area contributed by atoms with Gasteiger partial charge in [-0.05, 0) is 13.8 Å². The molecule has 15 heavy (non-hydrogen) atoms. The van der Waals surface area contributed by atoms with Gasteiger partial charge in [-0.1, -0.05) is 5.21 Å². The lowest BCUT2D eigenvalue weighted by Crippen LogP contribution is -2.35. The third-order valence-electron chi connectivity index (χ3n) is 2.21. The first-order chi connectivity index (χ1) is 7.04. The van der Waals surface area contributed by atoms with Crippen LogP contribution in [0.5, 0.6) is 0 Å². The summed E-state index contributed by atoms with van der Waals surface area (Å²) in [5, 5.41) is 16.2. The van der Waals surface area contributed by atoms with Gasteiger partial charge in [0.25, 0.3) is 0 Å². The second kappa shape index (κ2) is 4.88. The van der Waals surface area contributed by atoms with E-state index in [1.54, 1.807) is 18.1 Å². The fourth-order valence-corrected chi connectivity index (χ4v) is 1.03. The lowest BCUT2D eigenvalue weighted by atomic mass is 10.3. The molecule has 0 bridgehead atoms. The van der Waals surface area contributed by atoms with Crippen molar-refractivity contribution in [2.45, 2.75) is 33.0 Å². The minimum atomic E-state index is -0.159. The standard InChI is InChI=1S/C9H16N4O2/c1-7(2)12(3)9(15)5-13-4-8(6-14)10-11-13/h4,7,14H,5-6H2,1-3H3. The normalized spacial score (nSPS) is 10.7. The van der Waals surface area contributed by atoms with Crippen molar-refractivity contribution in [3.63, 3.8) is 0 Å². The summed E-state index contributed by atoms with van der Waals surface area (Å²) in [5.41, 5.74) is 0.468. The van der Waals surface area contributed by atoms with Crippen LogP contribution in [0, 0.1) is 0 Å². The molecule has 0 atom stereocenters. The Balaban J connectivity index is 2.58. The van der Waals surface area contributed by atoms with Gasteiger partial charge in [-0.2, -0.15) is 0 Å². The Morgan fingerprint density at radius 2 is 2.33 bits per heavy atom. The van der Waals surface area contributed by atoms with Gasteiger partial charge in [-0.3, -0.25) is 4.79 Å². The summed E-state index contributed by atoms with van der Waals surface area (Å²) < 4.78 is 1.42. The zero-order chi connectivity index (χ0) is 11.4. The Kier molecular flexibility index (Phi) is 3.79. The highest BCUT2D eigenvalue weighted by molar-refractivity contribution is 5.75. The maximum absolute atomic E-state index is 11.6. The molecular weight excluding hydrogens is 196 g/mol. The molecule has 0 unspecified atom stereocenters. The highest BCUT2D eigenvalue weighted by Crippen LogP contribution is 1.98. The van der Waals surface area contributed by atoms with Crippen LogP contribution in [-0.2, 0) is 17.9 Å². The van der Waals surface area contributed by atoms with E-state index in [4.69, 9.17) is 5.11 Å². The molecule has 1 rings (SSSR count). The lowest BCUT2D eigenvalue weighted by Gasteiger charge is -2.20. The SMILES string of the molecule is CC(C)N(C)C(=O)Cn1cc(CO)nn1. The molecular formula is C9H16N4O2. The molecule has 84 valence electrons. The van der Waals surface area contributed by atoms with Crippen LogP contribution in [-0.4, -0.2) is 44.0 Å². The number of nitrogens with zero attached hydrogens (tertiary/aromatic N) is 4. The highest BCUT2D eigenvalue weighted by Gasteiger charge is 2.13. The van der Waals surface area contributed by atoms with Gasteiger partial charge in [0.1, 0.15) is 12.2 Å². The van der Waals surface area contributed by atoms with Crippen LogP contribution < -0.4 is 0 Å². The lowest BCUT2D eigenvalue weighted by molar-refractivity contribution is -0.132. The average Bonchev–Trinajstić information content (AvgIpc) is 2.64. The van der Waals surface area contributed by atoms with E-state index in [-0.39, 0.29) is 25.1 Å². The third kappa shape index (κ3) is 3.02. The minimum Gasteiger partial charge on any atom is -0.390 e. The number of hydrogen-bond donors (Lipinski definition) is 1. The first kappa shape index (κ1) is 11.6. The molecule has 0 radical (unpaired) electrons. The fraction of sp³-hybridized carbons (Fsp3) is 0.667. The average molecular weight is 212 g/mol. The quantitative estimate of drug-likeness (QED) is 0.739. The van der Waals surface area contributed by atoms with Crippen molar-refractivity contribution >= 4 is 5.91 Å². The van der Waals surface area contributed by atoms with Crippen molar-refractivity contribution in [1.82, 2.24) is 19.9 Å². The van der Waals surface area contributed by atoms with Gasteiger partial charge in [-0.25, -0.2) is 4.68 Å². The minimum absolute atomic E-state index is 0.0283. The molecule has 1 heterocycles. The number of likely N-dealkylation sites (N-methyl/N-ethyl adjacent to an activating group) is 1. The Bertz CT molecular complexity index is 335. The fourth-order valence-electron chi connectivity index (χ4n) is 1.03. The van der Waals surface area contributed by atoms with Gasteiger partial charge in [-0.15, -0.1) is 5.10 Å². The van der Waals surface area contributed by atoms with E-state index < -0.39 is 0 Å². The molecule has 6 heteroatoms. The zero-order valence-electron chi connectivity index (χ0n) is 9.21. The van der Waals surface area contributed by atoms with Crippen LogP contribution in [0.1, 0.15) is 19.5 Å². The van der Waals surface area contributed by atoms with Gasteiger partial charge in [0.05, 0.1) is 12.8 Å². The van der Waals surface area contributed by atoms with Crippen molar-refractivity contribution in [2.24, 2.45) is 0 Å². The predicted octanol–water partition coefficient (Wildman–Crippen LogP) is -0.363. The Morgan fingerprint density at radius 3 is 2.80 bits per heavy atom. The molecule has 0 aliphatic carbocycles. The molecule has 1 amide bonds. The molecule has 0 aromatic carbocycles. The second-order valence-corrected chi connectivity index (χ2v) is 3.66. The van der Waals surface area contributed by atoms with Crippen LogP contribution in [0.4, 0.5) is 0 Å².